The second kappa shape index (κ2) is 4.56. The highest BCUT2D eigenvalue weighted by molar-refractivity contribution is 5.50. The Labute approximate surface area is 91.7 Å². The second-order valence-corrected chi connectivity index (χ2v) is 2.78. The Kier molecular flexibility index (Phi) is 3.54. The summed E-state index contributed by atoms with van der Waals surface area (Å²) in [6.45, 7) is -0.117. The first-order valence-electron chi connectivity index (χ1n) is 4.11. The molecular formula is C9H5F5O3. The minimum absolute atomic E-state index is 0.117. The Morgan fingerprint density at radius 2 is 1.53 bits per heavy atom. The van der Waals surface area contributed by atoms with E-state index in [0.29, 0.717) is 0 Å². The molecule has 0 N–H and O–H groups in total. The Morgan fingerprint density at radius 3 is 2.00 bits per heavy atom. The molecule has 0 fully saturated rings. The van der Waals surface area contributed by atoms with Crippen molar-refractivity contribution in [1.82, 2.24) is 0 Å². The molecule has 17 heavy (non-hydrogen) atoms. The topological polar surface area (TPSA) is 35.5 Å². The van der Waals surface area contributed by atoms with Crippen LogP contribution < -0.4 is 9.47 Å². The van der Waals surface area contributed by atoms with Gasteiger partial charge in [0.2, 0.25) is 0 Å². The SMILES string of the molecule is O=COc1ccccc1OC(F)(F)C(F)(F)F. The van der Waals surface area contributed by atoms with Gasteiger partial charge in [-0.05, 0) is 12.1 Å². The molecule has 1 aromatic rings. The highest BCUT2D eigenvalue weighted by Gasteiger charge is 2.61. The van der Waals surface area contributed by atoms with Crippen molar-refractivity contribution >= 4 is 6.47 Å². The van der Waals surface area contributed by atoms with Crippen molar-refractivity contribution in [2.75, 3.05) is 0 Å². The minimum atomic E-state index is -5.86. The fraction of sp³-hybridized carbons (Fsp3) is 0.222. The molecule has 0 saturated heterocycles. The molecule has 3 nitrogen and oxygen atoms in total. The quantitative estimate of drug-likeness (QED) is 0.613. The molecule has 1 rings (SSSR count). The number of para-hydroxylation sites is 2. The van der Waals surface area contributed by atoms with Crippen LogP contribution in [0.25, 0.3) is 0 Å². The zero-order valence-corrected chi connectivity index (χ0v) is 8.00. The molecule has 0 radical (unpaired) electrons. The van der Waals surface area contributed by atoms with Crippen molar-refractivity contribution in [1.29, 1.82) is 0 Å². The van der Waals surface area contributed by atoms with E-state index >= 15 is 0 Å². The molecule has 0 bridgehead atoms. The first-order valence-corrected chi connectivity index (χ1v) is 4.11. The normalized spacial score (nSPS) is 12.1. The van der Waals surface area contributed by atoms with Gasteiger partial charge in [0, 0.05) is 0 Å². The van der Waals surface area contributed by atoms with Crippen LogP contribution in [0.5, 0.6) is 11.5 Å². The lowest BCUT2D eigenvalue weighted by molar-refractivity contribution is -0.360. The summed E-state index contributed by atoms with van der Waals surface area (Å²) in [5.41, 5.74) is 0. The predicted molar refractivity (Wildman–Crippen MR) is 44.8 cm³/mol. The molecule has 0 aliphatic rings. The molecule has 0 aliphatic carbocycles. The van der Waals surface area contributed by atoms with Gasteiger partial charge in [0.1, 0.15) is 0 Å². The van der Waals surface area contributed by atoms with Crippen LogP contribution in [-0.4, -0.2) is 18.8 Å². The lowest BCUT2D eigenvalue weighted by Crippen LogP contribution is -2.41. The van der Waals surface area contributed by atoms with Crippen LogP contribution in [0.2, 0.25) is 0 Å². The van der Waals surface area contributed by atoms with E-state index in [-0.39, 0.29) is 6.47 Å². The van der Waals surface area contributed by atoms with Gasteiger partial charge in [-0.1, -0.05) is 12.1 Å². The van der Waals surface area contributed by atoms with Crippen molar-refractivity contribution in [2.45, 2.75) is 12.3 Å². The van der Waals surface area contributed by atoms with Gasteiger partial charge >= 0.3 is 12.3 Å². The van der Waals surface area contributed by atoms with E-state index in [9.17, 15) is 26.7 Å². The molecule has 94 valence electrons. The van der Waals surface area contributed by atoms with Crippen molar-refractivity contribution in [3.8, 4) is 11.5 Å². The monoisotopic (exact) mass is 256 g/mol. The van der Waals surface area contributed by atoms with E-state index in [2.05, 4.69) is 9.47 Å². The number of carbonyl (C=O) groups excluding carboxylic acids is 1. The minimum Gasteiger partial charge on any atom is -0.425 e. The largest absolute Gasteiger partial charge is 0.499 e. The number of alkyl halides is 5. The highest BCUT2D eigenvalue weighted by Crippen LogP contribution is 2.39. The smallest absolute Gasteiger partial charge is 0.425 e. The second-order valence-electron chi connectivity index (χ2n) is 2.78. The number of benzene rings is 1. The summed E-state index contributed by atoms with van der Waals surface area (Å²) in [5.74, 6) is -1.42. The molecule has 0 aromatic heterocycles. The average molecular weight is 256 g/mol. The predicted octanol–water partition coefficient (Wildman–Crippen LogP) is 2.76. The third kappa shape index (κ3) is 3.05. The third-order valence-electron chi connectivity index (χ3n) is 1.59. The van der Waals surface area contributed by atoms with E-state index in [4.69, 9.17) is 0 Å². The first-order chi connectivity index (χ1) is 7.78. The van der Waals surface area contributed by atoms with Gasteiger partial charge < -0.3 is 9.47 Å². The van der Waals surface area contributed by atoms with Crippen LogP contribution in [0.15, 0.2) is 24.3 Å². The van der Waals surface area contributed by atoms with Gasteiger partial charge in [-0.3, -0.25) is 4.79 Å². The van der Waals surface area contributed by atoms with E-state index < -0.39 is 23.8 Å². The van der Waals surface area contributed by atoms with E-state index in [1.807, 2.05) is 0 Å². The van der Waals surface area contributed by atoms with Gasteiger partial charge in [0.25, 0.3) is 6.47 Å². The van der Waals surface area contributed by atoms with Crippen LogP contribution in [-0.2, 0) is 4.79 Å². The molecule has 0 unspecified atom stereocenters. The molecule has 0 spiro atoms. The van der Waals surface area contributed by atoms with Gasteiger partial charge in [-0.25, -0.2) is 0 Å². The van der Waals surface area contributed by atoms with Crippen molar-refractivity contribution in [3.63, 3.8) is 0 Å². The van der Waals surface area contributed by atoms with Gasteiger partial charge in [0.15, 0.2) is 11.5 Å². The number of halogens is 5. The molecule has 0 aliphatic heterocycles. The van der Waals surface area contributed by atoms with E-state index in [0.717, 1.165) is 18.2 Å². The van der Waals surface area contributed by atoms with Crippen molar-refractivity contribution in [3.05, 3.63) is 24.3 Å². The van der Waals surface area contributed by atoms with Crippen molar-refractivity contribution < 1.29 is 36.2 Å². The van der Waals surface area contributed by atoms with Crippen LogP contribution in [0.3, 0.4) is 0 Å². The molecule has 0 amide bonds. The number of carbonyl (C=O) groups is 1. The molecular weight excluding hydrogens is 251 g/mol. The maximum Gasteiger partial charge on any atom is 0.499 e. The van der Waals surface area contributed by atoms with Crippen molar-refractivity contribution in [2.24, 2.45) is 0 Å². The number of rotatable bonds is 4. The van der Waals surface area contributed by atoms with Crippen LogP contribution in [0.4, 0.5) is 22.0 Å². The van der Waals surface area contributed by atoms with Crippen LogP contribution >= 0.6 is 0 Å². The third-order valence-corrected chi connectivity index (χ3v) is 1.59. The molecule has 0 atom stereocenters. The standard InChI is InChI=1S/C9H5F5O3/c10-8(11,12)9(13,14)17-7-4-2-1-3-6(7)16-5-15/h1-5H. The summed E-state index contributed by atoms with van der Waals surface area (Å²) in [6.07, 6.45) is -11.2. The van der Waals surface area contributed by atoms with Gasteiger partial charge in [-0.2, -0.15) is 22.0 Å². The summed E-state index contributed by atoms with van der Waals surface area (Å²) in [4.78, 5) is 10.0. The summed E-state index contributed by atoms with van der Waals surface area (Å²) < 4.78 is 68.3. The summed E-state index contributed by atoms with van der Waals surface area (Å²) in [5, 5.41) is 0. The molecule has 1 aromatic carbocycles. The number of ether oxygens (including phenoxy) is 2. The number of hydrogen-bond donors (Lipinski definition) is 0. The maximum atomic E-state index is 12.5. The molecule has 0 heterocycles. The highest BCUT2D eigenvalue weighted by atomic mass is 19.4. The molecule has 8 heteroatoms. The van der Waals surface area contributed by atoms with Crippen LogP contribution in [0, 0.1) is 0 Å². The zero-order valence-electron chi connectivity index (χ0n) is 8.00. The number of hydrogen-bond acceptors (Lipinski definition) is 3. The fourth-order valence-electron chi connectivity index (χ4n) is 0.880. The Balaban J connectivity index is 2.99. The first kappa shape index (κ1) is 13.2. The Hall–Kier alpha value is -1.86. The lowest BCUT2D eigenvalue weighted by Gasteiger charge is -2.20. The van der Waals surface area contributed by atoms with E-state index in [1.165, 1.54) is 6.07 Å². The average Bonchev–Trinajstić information content (AvgIpc) is 2.19. The summed E-state index contributed by atoms with van der Waals surface area (Å²) in [6, 6.07) is 4.26. The lowest BCUT2D eigenvalue weighted by atomic mass is 10.3. The summed E-state index contributed by atoms with van der Waals surface area (Å²) >= 11 is 0. The fourth-order valence-corrected chi connectivity index (χ4v) is 0.880. The molecule has 0 saturated carbocycles. The van der Waals surface area contributed by atoms with Gasteiger partial charge in [0.05, 0.1) is 0 Å². The zero-order chi connectivity index (χ0) is 13.1. The Bertz CT molecular complexity index is 402. The van der Waals surface area contributed by atoms with Gasteiger partial charge in [-0.15, -0.1) is 0 Å². The Morgan fingerprint density at radius 1 is 1.00 bits per heavy atom. The summed E-state index contributed by atoms with van der Waals surface area (Å²) in [7, 11) is 0. The van der Waals surface area contributed by atoms with Crippen LogP contribution in [0.1, 0.15) is 0 Å². The maximum absolute atomic E-state index is 12.5. The van der Waals surface area contributed by atoms with E-state index in [1.54, 1.807) is 0 Å².